The molecule has 64 valence electrons. The van der Waals surface area contributed by atoms with Crippen molar-refractivity contribution in [2.75, 3.05) is 13.1 Å². The first-order chi connectivity index (χ1) is 5.13. The summed E-state index contributed by atoms with van der Waals surface area (Å²) in [6, 6.07) is 0.975. The minimum Gasteiger partial charge on any atom is -0.352 e. The molecule has 0 aromatic heterocycles. The van der Waals surface area contributed by atoms with Crippen LogP contribution in [0.4, 0.5) is 0 Å². The van der Waals surface area contributed by atoms with E-state index in [1.807, 2.05) is 0 Å². The average molecular weight is 190 g/mol. The van der Waals surface area contributed by atoms with Gasteiger partial charge in [0.15, 0.2) is 0 Å². The summed E-state index contributed by atoms with van der Waals surface area (Å²) in [5.41, 5.74) is 0. The van der Waals surface area contributed by atoms with E-state index in [-0.39, 0.29) is 0 Å². The molecule has 4 heteroatoms. The van der Waals surface area contributed by atoms with Gasteiger partial charge in [0, 0.05) is 25.2 Å². The minimum atomic E-state index is 0.466. The van der Waals surface area contributed by atoms with Crippen LogP contribution in [0, 0.1) is 0 Å². The average Bonchev–Trinajstić information content (AvgIpc) is 1.94. The number of thiol groups is 1. The molecule has 1 N–H and O–H groups in total. The van der Waals surface area contributed by atoms with Crippen LogP contribution >= 0.6 is 24.8 Å². The maximum absolute atomic E-state index is 5.01. The molecule has 0 amide bonds. The van der Waals surface area contributed by atoms with E-state index in [9.17, 15) is 0 Å². The van der Waals surface area contributed by atoms with Crippen molar-refractivity contribution >= 4 is 29.2 Å². The van der Waals surface area contributed by atoms with E-state index >= 15 is 0 Å². The Labute approximate surface area is 78.7 Å². The summed E-state index contributed by atoms with van der Waals surface area (Å²) in [5, 5.41) is 3.38. The second-order valence-electron chi connectivity index (χ2n) is 2.96. The van der Waals surface area contributed by atoms with Crippen molar-refractivity contribution < 1.29 is 0 Å². The first kappa shape index (κ1) is 9.29. The first-order valence-electron chi connectivity index (χ1n) is 3.86. The number of nitrogens with zero attached hydrogens (tertiary/aromatic N) is 1. The molecular formula is C7H14N2S2. The van der Waals surface area contributed by atoms with E-state index in [0.29, 0.717) is 16.4 Å². The number of piperazine rings is 1. The summed E-state index contributed by atoms with van der Waals surface area (Å²) in [6.07, 6.45) is 0. The predicted molar refractivity (Wildman–Crippen MR) is 55.2 cm³/mol. The smallest absolute Gasteiger partial charge is 0.133 e. The fourth-order valence-electron chi connectivity index (χ4n) is 1.33. The van der Waals surface area contributed by atoms with Crippen molar-refractivity contribution in [3.8, 4) is 0 Å². The van der Waals surface area contributed by atoms with Gasteiger partial charge in [-0.2, -0.15) is 0 Å². The Morgan fingerprint density at radius 1 is 1.64 bits per heavy atom. The minimum absolute atomic E-state index is 0.466. The highest BCUT2D eigenvalue weighted by Crippen LogP contribution is 2.10. The molecule has 0 aromatic rings. The van der Waals surface area contributed by atoms with Crippen LogP contribution < -0.4 is 5.32 Å². The Balaban J connectivity index is 2.58. The van der Waals surface area contributed by atoms with E-state index in [2.05, 4.69) is 36.7 Å². The lowest BCUT2D eigenvalue weighted by atomic mass is 10.1. The van der Waals surface area contributed by atoms with Gasteiger partial charge in [-0.25, -0.2) is 0 Å². The number of nitrogens with one attached hydrogen (secondary N) is 1. The SMILES string of the molecule is CC1NCCN(C(=S)S)C1C. The molecule has 1 aliphatic rings. The van der Waals surface area contributed by atoms with Crippen LogP contribution in [0.25, 0.3) is 0 Å². The summed E-state index contributed by atoms with van der Waals surface area (Å²) in [4.78, 5) is 2.15. The fraction of sp³-hybridized carbons (Fsp3) is 0.857. The van der Waals surface area contributed by atoms with Crippen LogP contribution in [0.2, 0.25) is 0 Å². The Morgan fingerprint density at radius 2 is 2.27 bits per heavy atom. The number of hydrogen-bond donors (Lipinski definition) is 2. The second-order valence-corrected chi connectivity index (χ2v) is 4.07. The van der Waals surface area contributed by atoms with Crippen LogP contribution in [0.5, 0.6) is 0 Å². The summed E-state index contributed by atoms with van der Waals surface area (Å²) in [5.74, 6) is 0. The molecular weight excluding hydrogens is 176 g/mol. The lowest BCUT2D eigenvalue weighted by Gasteiger charge is -2.39. The monoisotopic (exact) mass is 190 g/mol. The predicted octanol–water partition coefficient (Wildman–Crippen LogP) is 0.883. The van der Waals surface area contributed by atoms with Gasteiger partial charge in [0.05, 0.1) is 0 Å². The molecule has 0 saturated carbocycles. The molecule has 1 rings (SSSR count). The van der Waals surface area contributed by atoms with Crippen LogP contribution in [-0.4, -0.2) is 34.4 Å². The lowest BCUT2D eigenvalue weighted by molar-refractivity contribution is 0.229. The Kier molecular flexibility index (Phi) is 3.16. The Hall–Kier alpha value is 0.200. The maximum Gasteiger partial charge on any atom is 0.133 e. The van der Waals surface area contributed by atoms with Gasteiger partial charge in [0.25, 0.3) is 0 Å². The van der Waals surface area contributed by atoms with Crippen LogP contribution in [0.15, 0.2) is 0 Å². The molecule has 1 fully saturated rings. The molecule has 2 atom stereocenters. The van der Waals surface area contributed by atoms with Crippen LogP contribution in [0.1, 0.15) is 13.8 Å². The van der Waals surface area contributed by atoms with Crippen LogP contribution in [-0.2, 0) is 0 Å². The van der Waals surface area contributed by atoms with Gasteiger partial charge in [-0.15, -0.1) is 12.6 Å². The third kappa shape index (κ3) is 2.07. The van der Waals surface area contributed by atoms with Gasteiger partial charge in [-0.3, -0.25) is 0 Å². The zero-order valence-electron chi connectivity index (χ0n) is 6.87. The van der Waals surface area contributed by atoms with Crippen molar-refractivity contribution in [1.29, 1.82) is 0 Å². The molecule has 2 unspecified atom stereocenters. The highest BCUT2D eigenvalue weighted by molar-refractivity contribution is 8.10. The van der Waals surface area contributed by atoms with Crippen molar-refractivity contribution in [2.24, 2.45) is 0 Å². The summed E-state index contributed by atoms with van der Waals surface area (Å²) in [7, 11) is 0. The first-order valence-corrected chi connectivity index (χ1v) is 4.71. The summed E-state index contributed by atoms with van der Waals surface area (Å²) < 4.78 is 0.714. The standard InChI is InChI=1S/C7H14N2S2/c1-5-6(2)9(7(10)11)4-3-8-5/h5-6,8H,3-4H2,1-2H3,(H,10,11). The fourth-order valence-corrected chi connectivity index (χ4v) is 1.87. The largest absolute Gasteiger partial charge is 0.352 e. The highest BCUT2D eigenvalue weighted by atomic mass is 32.1. The Morgan fingerprint density at radius 3 is 2.73 bits per heavy atom. The zero-order valence-corrected chi connectivity index (χ0v) is 8.58. The highest BCUT2D eigenvalue weighted by Gasteiger charge is 2.24. The van der Waals surface area contributed by atoms with Crippen molar-refractivity contribution in [3.63, 3.8) is 0 Å². The Bertz CT molecular complexity index is 161. The van der Waals surface area contributed by atoms with E-state index in [4.69, 9.17) is 12.2 Å². The number of hydrogen-bond acceptors (Lipinski definition) is 2. The van der Waals surface area contributed by atoms with Crippen molar-refractivity contribution in [3.05, 3.63) is 0 Å². The molecule has 0 aromatic carbocycles. The van der Waals surface area contributed by atoms with E-state index in [1.54, 1.807) is 0 Å². The third-order valence-corrected chi connectivity index (χ3v) is 2.77. The molecule has 0 aliphatic carbocycles. The summed E-state index contributed by atoms with van der Waals surface area (Å²) in [6.45, 7) is 6.32. The van der Waals surface area contributed by atoms with Gasteiger partial charge in [-0.05, 0) is 13.8 Å². The molecule has 1 saturated heterocycles. The van der Waals surface area contributed by atoms with Gasteiger partial charge in [0.2, 0.25) is 0 Å². The maximum atomic E-state index is 5.01. The van der Waals surface area contributed by atoms with Gasteiger partial charge in [0.1, 0.15) is 4.32 Å². The molecule has 1 aliphatic heterocycles. The van der Waals surface area contributed by atoms with E-state index in [0.717, 1.165) is 13.1 Å². The number of thiocarbonyl (C=S) groups is 1. The molecule has 11 heavy (non-hydrogen) atoms. The van der Waals surface area contributed by atoms with E-state index in [1.165, 1.54) is 0 Å². The van der Waals surface area contributed by atoms with Gasteiger partial charge in [-0.1, -0.05) is 12.2 Å². The molecule has 0 spiro atoms. The normalized spacial score (nSPS) is 32.1. The van der Waals surface area contributed by atoms with Crippen LogP contribution in [0.3, 0.4) is 0 Å². The van der Waals surface area contributed by atoms with E-state index < -0.39 is 0 Å². The van der Waals surface area contributed by atoms with Gasteiger partial charge >= 0.3 is 0 Å². The molecule has 0 radical (unpaired) electrons. The zero-order chi connectivity index (χ0) is 8.43. The summed E-state index contributed by atoms with van der Waals surface area (Å²) >= 11 is 9.18. The number of rotatable bonds is 0. The topological polar surface area (TPSA) is 15.3 Å². The van der Waals surface area contributed by atoms with Crippen molar-refractivity contribution in [1.82, 2.24) is 10.2 Å². The van der Waals surface area contributed by atoms with Gasteiger partial charge < -0.3 is 10.2 Å². The van der Waals surface area contributed by atoms with Crippen molar-refractivity contribution in [2.45, 2.75) is 25.9 Å². The molecule has 2 nitrogen and oxygen atoms in total. The molecule has 0 bridgehead atoms. The second kappa shape index (κ2) is 3.74. The quantitative estimate of drug-likeness (QED) is 0.436. The third-order valence-electron chi connectivity index (χ3n) is 2.28. The lowest BCUT2D eigenvalue weighted by Crippen LogP contribution is -2.55. The molecule has 1 heterocycles.